The molecule has 2 aromatic carbocycles. The molecule has 1 aromatic heterocycles. The van der Waals surface area contributed by atoms with E-state index in [2.05, 4.69) is 11.1 Å². The topological polar surface area (TPSA) is 56.3 Å². The molecule has 25 heavy (non-hydrogen) atoms. The number of amides is 1. The highest BCUT2D eigenvalue weighted by Gasteiger charge is 2.35. The number of H-pyrrole nitrogens is 1. The lowest BCUT2D eigenvalue weighted by Crippen LogP contribution is -2.34. The Balaban J connectivity index is 1.96. The minimum absolute atomic E-state index is 0.139. The first-order valence-corrected chi connectivity index (χ1v) is 9.41. The van der Waals surface area contributed by atoms with Gasteiger partial charge in [0.05, 0.1) is 5.69 Å². The average Bonchev–Trinajstić information content (AvgIpc) is 3.02. The van der Waals surface area contributed by atoms with Gasteiger partial charge < -0.3 is 15.0 Å². The van der Waals surface area contributed by atoms with E-state index in [0.717, 1.165) is 32.6 Å². The number of nitrogens with zero attached hydrogens (tertiary/aromatic N) is 1. The molecule has 128 valence electrons. The quantitative estimate of drug-likeness (QED) is 0.727. The summed E-state index contributed by atoms with van der Waals surface area (Å²) in [6, 6.07) is 13.4. The van der Waals surface area contributed by atoms with E-state index in [1.54, 1.807) is 23.9 Å². The van der Waals surface area contributed by atoms with Gasteiger partial charge in [-0.25, -0.2) is 0 Å². The van der Waals surface area contributed by atoms with Crippen LogP contribution in [0.1, 0.15) is 24.7 Å². The zero-order valence-electron chi connectivity index (χ0n) is 14.2. The molecule has 0 aliphatic carbocycles. The van der Waals surface area contributed by atoms with Gasteiger partial charge in [0.2, 0.25) is 5.91 Å². The number of carbonyl (C=O) groups is 1. The number of fused-ring (bicyclic) bond motifs is 5. The van der Waals surface area contributed by atoms with Gasteiger partial charge >= 0.3 is 0 Å². The molecule has 0 fully saturated rings. The maximum absolute atomic E-state index is 13.2. The first-order chi connectivity index (χ1) is 12.1. The predicted molar refractivity (Wildman–Crippen MR) is 102 cm³/mol. The van der Waals surface area contributed by atoms with E-state index in [-0.39, 0.29) is 16.9 Å². The number of rotatable bonds is 3. The molecule has 0 spiro atoms. The molecule has 0 radical (unpaired) electrons. The average molecular weight is 352 g/mol. The van der Waals surface area contributed by atoms with Crippen molar-refractivity contribution in [3.8, 4) is 17.0 Å². The molecule has 4 rings (SSSR count). The summed E-state index contributed by atoms with van der Waals surface area (Å²) < 4.78 is 0. The number of carbonyl (C=O) groups excluding carboxylic acids is 1. The fourth-order valence-corrected chi connectivity index (χ4v) is 4.83. The van der Waals surface area contributed by atoms with Crippen molar-refractivity contribution in [2.75, 3.05) is 13.1 Å². The van der Waals surface area contributed by atoms with Gasteiger partial charge in [0.25, 0.3) is 0 Å². The Morgan fingerprint density at radius 2 is 1.96 bits per heavy atom. The summed E-state index contributed by atoms with van der Waals surface area (Å²) in [5.41, 5.74) is 3.94. The fourth-order valence-electron chi connectivity index (χ4n) is 3.53. The monoisotopic (exact) mass is 352 g/mol. The number of nitrogens with one attached hydrogen (secondary N) is 1. The maximum Gasteiger partial charge on any atom is 0.240 e. The molecule has 1 atom stereocenters. The van der Waals surface area contributed by atoms with E-state index in [4.69, 9.17) is 0 Å². The third-order valence-electron chi connectivity index (χ3n) is 4.79. The second-order valence-corrected chi connectivity index (χ2v) is 7.30. The van der Waals surface area contributed by atoms with E-state index in [9.17, 15) is 9.90 Å². The molecule has 5 heteroatoms. The van der Waals surface area contributed by atoms with Crippen LogP contribution in [0, 0.1) is 0 Å². The number of aromatic amines is 1. The third kappa shape index (κ3) is 2.50. The van der Waals surface area contributed by atoms with Gasteiger partial charge in [-0.3, -0.25) is 4.79 Å². The van der Waals surface area contributed by atoms with Crippen LogP contribution in [0.15, 0.2) is 47.4 Å². The molecule has 0 bridgehead atoms. The predicted octanol–water partition coefficient (Wildman–Crippen LogP) is 4.56. The van der Waals surface area contributed by atoms with Crippen molar-refractivity contribution in [2.24, 2.45) is 0 Å². The molecule has 2 heterocycles. The maximum atomic E-state index is 13.2. The first kappa shape index (κ1) is 16.1. The number of hydrogen-bond acceptors (Lipinski definition) is 3. The Kier molecular flexibility index (Phi) is 3.96. The van der Waals surface area contributed by atoms with Gasteiger partial charge in [0.1, 0.15) is 11.0 Å². The highest BCUT2D eigenvalue weighted by Crippen LogP contribution is 2.52. The number of likely N-dealkylation sites (N-methyl/N-ethyl adjacent to an activating group) is 1. The van der Waals surface area contributed by atoms with E-state index in [1.165, 1.54) is 0 Å². The summed E-state index contributed by atoms with van der Waals surface area (Å²) in [7, 11) is 0. The number of thioether (sulfide) groups is 1. The van der Waals surface area contributed by atoms with Crippen molar-refractivity contribution in [1.82, 2.24) is 9.88 Å². The smallest absolute Gasteiger partial charge is 0.240 e. The molecular formula is C20H20N2O2S. The van der Waals surface area contributed by atoms with Crippen LogP contribution < -0.4 is 0 Å². The van der Waals surface area contributed by atoms with Crippen molar-refractivity contribution in [1.29, 1.82) is 0 Å². The first-order valence-electron chi connectivity index (χ1n) is 8.53. The summed E-state index contributed by atoms with van der Waals surface area (Å²) in [6.45, 7) is 5.42. The number of aromatic nitrogens is 1. The standard InChI is InChI=1S/C20H20N2O2S/c1-3-22(4-2)20(24)19-17-13-7-5-6-8-15(13)21-18(17)14-11-12(23)9-10-16(14)25-19/h5-11,19,21,23H,3-4H2,1-2H3. The number of aromatic hydroxyl groups is 1. The summed E-state index contributed by atoms with van der Waals surface area (Å²) >= 11 is 1.57. The molecule has 1 unspecified atom stereocenters. The Morgan fingerprint density at radius 3 is 2.72 bits per heavy atom. The van der Waals surface area contributed by atoms with Crippen molar-refractivity contribution >= 4 is 28.6 Å². The van der Waals surface area contributed by atoms with Crippen LogP contribution in [0.5, 0.6) is 5.75 Å². The largest absolute Gasteiger partial charge is 0.508 e. The second kappa shape index (κ2) is 6.15. The Bertz CT molecular complexity index is 959. The van der Waals surface area contributed by atoms with Crippen molar-refractivity contribution in [3.63, 3.8) is 0 Å². The van der Waals surface area contributed by atoms with Crippen molar-refractivity contribution in [3.05, 3.63) is 48.0 Å². The SMILES string of the molecule is CCN(CC)C(=O)C1Sc2ccc(O)cc2-c2[nH]c3ccccc3c21. The zero-order valence-corrected chi connectivity index (χ0v) is 15.1. The van der Waals surface area contributed by atoms with Crippen LogP contribution in [0.25, 0.3) is 22.2 Å². The third-order valence-corrected chi connectivity index (χ3v) is 6.07. The second-order valence-electron chi connectivity index (χ2n) is 6.15. The number of para-hydroxylation sites is 1. The summed E-state index contributed by atoms with van der Waals surface area (Å²) in [6.07, 6.45) is 0. The molecular weight excluding hydrogens is 332 g/mol. The normalized spacial score (nSPS) is 15.7. The lowest BCUT2D eigenvalue weighted by atomic mass is 10.0. The highest BCUT2D eigenvalue weighted by molar-refractivity contribution is 8.00. The van der Waals surface area contributed by atoms with E-state index in [0.29, 0.717) is 13.1 Å². The molecule has 0 saturated carbocycles. The van der Waals surface area contributed by atoms with Crippen LogP contribution in [-0.4, -0.2) is 34.0 Å². The number of phenols is 1. The van der Waals surface area contributed by atoms with Gasteiger partial charge in [0.15, 0.2) is 0 Å². The lowest BCUT2D eigenvalue weighted by Gasteiger charge is -2.29. The van der Waals surface area contributed by atoms with Gasteiger partial charge in [-0.1, -0.05) is 18.2 Å². The van der Waals surface area contributed by atoms with Crippen molar-refractivity contribution < 1.29 is 9.90 Å². The molecule has 0 saturated heterocycles. The molecule has 2 N–H and O–H groups in total. The van der Waals surface area contributed by atoms with Crippen LogP contribution >= 0.6 is 11.8 Å². The Labute approximate surface area is 150 Å². The minimum atomic E-state index is -0.275. The summed E-state index contributed by atoms with van der Waals surface area (Å²) in [5.74, 6) is 0.372. The zero-order chi connectivity index (χ0) is 17.6. The fraction of sp³-hybridized carbons (Fsp3) is 0.250. The molecule has 1 aliphatic heterocycles. The van der Waals surface area contributed by atoms with Gasteiger partial charge in [-0.05, 0) is 38.1 Å². The van der Waals surface area contributed by atoms with Crippen molar-refractivity contribution in [2.45, 2.75) is 24.0 Å². The number of benzene rings is 2. The van der Waals surface area contributed by atoms with E-state index in [1.807, 2.05) is 43.0 Å². The molecule has 1 aliphatic rings. The van der Waals surface area contributed by atoms with Crippen LogP contribution in [0.4, 0.5) is 0 Å². The van der Waals surface area contributed by atoms with E-state index < -0.39 is 0 Å². The van der Waals surface area contributed by atoms with Gasteiger partial charge in [-0.2, -0.15) is 0 Å². The summed E-state index contributed by atoms with van der Waals surface area (Å²) in [4.78, 5) is 19.5. The number of hydrogen-bond donors (Lipinski definition) is 2. The van der Waals surface area contributed by atoms with Crippen LogP contribution in [-0.2, 0) is 4.79 Å². The highest BCUT2D eigenvalue weighted by atomic mass is 32.2. The lowest BCUT2D eigenvalue weighted by molar-refractivity contribution is -0.130. The minimum Gasteiger partial charge on any atom is -0.508 e. The molecule has 4 nitrogen and oxygen atoms in total. The van der Waals surface area contributed by atoms with Crippen LogP contribution in [0.2, 0.25) is 0 Å². The number of phenolic OH excluding ortho intramolecular Hbond substituents is 1. The van der Waals surface area contributed by atoms with Crippen LogP contribution in [0.3, 0.4) is 0 Å². The van der Waals surface area contributed by atoms with E-state index >= 15 is 0 Å². The molecule has 1 amide bonds. The molecule has 3 aromatic rings. The Hall–Kier alpha value is -2.40. The Morgan fingerprint density at radius 1 is 1.20 bits per heavy atom. The van der Waals surface area contributed by atoms with Gasteiger partial charge in [-0.15, -0.1) is 11.8 Å². The van der Waals surface area contributed by atoms with Gasteiger partial charge in [0, 0.05) is 40.0 Å². The summed E-state index contributed by atoms with van der Waals surface area (Å²) in [5, 5.41) is 10.7.